The third kappa shape index (κ3) is 5.00. The first-order chi connectivity index (χ1) is 17.5. The molecule has 1 aliphatic heterocycles. The third-order valence-electron chi connectivity index (χ3n) is 7.13. The number of fused-ring (bicyclic) bond motifs is 1. The van der Waals surface area contributed by atoms with Gasteiger partial charge in [0.05, 0.1) is 23.0 Å². The molecule has 0 aliphatic carbocycles. The fourth-order valence-corrected chi connectivity index (χ4v) is 5.02. The van der Waals surface area contributed by atoms with Gasteiger partial charge in [-0.05, 0) is 54.7 Å². The average molecular weight is 485 g/mol. The number of aromatic nitrogens is 2. The first-order valence-electron chi connectivity index (χ1n) is 12.3. The lowest BCUT2D eigenvalue weighted by Gasteiger charge is -2.41. The van der Waals surface area contributed by atoms with Crippen LogP contribution in [0.4, 0.5) is 4.39 Å². The van der Waals surface area contributed by atoms with Gasteiger partial charge in [0, 0.05) is 19.5 Å². The van der Waals surface area contributed by atoms with E-state index in [2.05, 4.69) is 15.3 Å². The van der Waals surface area contributed by atoms with Crippen molar-refractivity contribution in [1.29, 1.82) is 0 Å². The molecule has 0 bridgehead atoms. The average Bonchev–Trinajstić information content (AvgIpc) is 3.35. The molecule has 0 atom stereocenters. The van der Waals surface area contributed by atoms with E-state index in [0.29, 0.717) is 51.1 Å². The van der Waals surface area contributed by atoms with Gasteiger partial charge in [-0.1, -0.05) is 54.6 Å². The highest BCUT2D eigenvalue weighted by molar-refractivity contribution is 5.89. The Hall–Kier alpha value is -4.00. The van der Waals surface area contributed by atoms with Crippen molar-refractivity contribution in [3.8, 4) is 0 Å². The van der Waals surface area contributed by atoms with Gasteiger partial charge in [-0.3, -0.25) is 9.59 Å². The third-order valence-corrected chi connectivity index (χ3v) is 7.13. The Morgan fingerprint density at radius 1 is 0.944 bits per heavy atom. The van der Waals surface area contributed by atoms with Gasteiger partial charge in [-0.2, -0.15) is 0 Å². The number of hydrogen-bond acceptors (Lipinski definition) is 3. The summed E-state index contributed by atoms with van der Waals surface area (Å²) in [6.45, 7) is 1.33. The smallest absolute Gasteiger partial charge is 0.231 e. The molecule has 1 aromatic heterocycles. The van der Waals surface area contributed by atoms with Gasteiger partial charge in [-0.25, -0.2) is 9.37 Å². The highest BCUT2D eigenvalue weighted by atomic mass is 19.1. The van der Waals surface area contributed by atoms with E-state index >= 15 is 0 Å². The SMILES string of the molecule is O=C(CCc1ccc(F)cc1)N1CCC(C(=O)NCc2nc3ccccc3[nH]2)(c2ccccc2)CC1. The Morgan fingerprint density at radius 3 is 2.36 bits per heavy atom. The van der Waals surface area contributed by atoms with Crippen molar-refractivity contribution < 1.29 is 14.0 Å². The lowest BCUT2D eigenvalue weighted by atomic mass is 9.72. The first-order valence-corrected chi connectivity index (χ1v) is 12.3. The Balaban J connectivity index is 1.25. The number of amides is 2. The molecule has 184 valence electrons. The second kappa shape index (κ2) is 10.3. The minimum absolute atomic E-state index is 0.0485. The van der Waals surface area contributed by atoms with Gasteiger partial charge in [0.1, 0.15) is 11.6 Å². The number of halogens is 1. The molecule has 4 aromatic rings. The fraction of sp³-hybridized carbons (Fsp3) is 0.276. The number of carbonyl (C=O) groups is 2. The van der Waals surface area contributed by atoms with Crippen molar-refractivity contribution in [1.82, 2.24) is 20.2 Å². The molecular weight excluding hydrogens is 455 g/mol. The normalized spacial score (nSPS) is 15.1. The number of piperidine rings is 1. The van der Waals surface area contributed by atoms with E-state index in [4.69, 9.17) is 0 Å². The number of hydrogen-bond donors (Lipinski definition) is 2. The number of likely N-dealkylation sites (tertiary alicyclic amines) is 1. The maximum Gasteiger partial charge on any atom is 0.231 e. The highest BCUT2D eigenvalue weighted by Crippen LogP contribution is 2.36. The summed E-state index contributed by atoms with van der Waals surface area (Å²) < 4.78 is 13.1. The van der Waals surface area contributed by atoms with Crippen LogP contribution < -0.4 is 5.32 Å². The number of aromatic amines is 1. The van der Waals surface area contributed by atoms with E-state index in [1.807, 2.05) is 59.5 Å². The summed E-state index contributed by atoms with van der Waals surface area (Å²) in [7, 11) is 0. The number of rotatable bonds is 7. The zero-order chi connectivity index (χ0) is 25.0. The number of benzene rings is 3. The van der Waals surface area contributed by atoms with Crippen LogP contribution in [0.1, 0.15) is 36.2 Å². The number of nitrogens with one attached hydrogen (secondary N) is 2. The largest absolute Gasteiger partial charge is 0.348 e. The predicted molar refractivity (Wildman–Crippen MR) is 137 cm³/mol. The number of imidazole rings is 1. The topological polar surface area (TPSA) is 78.1 Å². The molecule has 2 N–H and O–H groups in total. The molecule has 2 amide bonds. The zero-order valence-electron chi connectivity index (χ0n) is 20.0. The monoisotopic (exact) mass is 484 g/mol. The summed E-state index contributed by atoms with van der Waals surface area (Å²) in [5, 5.41) is 3.10. The van der Waals surface area contributed by atoms with Crippen molar-refractivity contribution in [2.75, 3.05) is 13.1 Å². The minimum Gasteiger partial charge on any atom is -0.348 e. The standard InChI is InChI=1S/C29H29FN4O2/c30-23-13-10-21(11-14-23)12-15-27(35)34-18-16-29(17-19-34,22-6-2-1-3-7-22)28(36)31-20-26-32-24-8-4-5-9-25(24)33-26/h1-11,13-14H,12,15-20H2,(H,31,36)(H,32,33). The van der Waals surface area contributed by atoms with Gasteiger partial charge >= 0.3 is 0 Å². The molecule has 0 saturated carbocycles. The van der Waals surface area contributed by atoms with E-state index in [0.717, 1.165) is 22.2 Å². The lowest BCUT2D eigenvalue weighted by molar-refractivity contribution is -0.137. The quantitative estimate of drug-likeness (QED) is 0.405. The van der Waals surface area contributed by atoms with Crippen LogP contribution in [0.3, 0.4) is 0 Å². The summed E-state index contributed by atoms with van der Waals surface area (Å²) in [6.07, 6.45) is 2.02. The molecule has 0 spiro atoms. The fourth-order valence-electron chi connectivity index (χ4n) is 5.02. The maximum atomic E-state index is 13.6. The maximum absolute atomic E-state index is 13.6. The van der Waals surface area contributed by atoms with Crippen molar-refractivity contribution in [3.05, 3.63) is 102 Å². The molecular formula is C29H29FN4O2. The Bertz CT molecular complexity index is 1310. The van der Waals surface area contributed by atoms with E-state index < -0.39 is 5.41 Å². The number of H-pyrrole nitrogens is 1. The van der Waals surface area contributed by atoms with Gasteiger partial charge in [0.2, 0.25) is 11.8 Å². The van der Waals surface area contributed by atoms with Crippen molar-refractivity contribution in [3.63, 3.8) is 0 Å². The van der Waals surface area contributed by atoms with Crippen LogP contribution in [-0.2, 0) is 28.0 Å². The van der Waals surface area contributed by atoms with E-state index in [1.165, 1.54) is 12.1 Å². The molecule has 0 unspecified atom stereocenters. The molecule has 6 nitrogen and oxygen atoms in total. The molecule has 5 rings (SSSR count). The van der Waals surface area contributed by atoms with E-state index in [1.54, 1.807) is 12.1 Å². The summed E-state index contributed by atoms with van der Waals surface area (Å²) in [5.74, 6) is 0.439. The Labute approximate surface area is 209 Å². The van der Waals surface area contributed by atoms with Crippen LogP contribution in [0.15, 0.2) is 78.9 Å². The van der Waals surface area contributed by atoms with Gasteiger partial charge < -0.3 is 15.2 Å². The number of para-hydroxylation sites is 2. The second-order valence-electron chi connectivity index (χ2n) is 9.34. The molecule has 1 saturated heterocycles. The van der Waals surface area contributed by atoms with Crippen LogP contribution >= 0.6 is 0 Å². The second-order valence-corrected chi connectivity index (χ2v) is 9.34. The van der Waals surface area contributed by atoms with Crippen LogP contribution in [0.25, 0.3) is 11.0 Å². The number of nitrogens with zero attached hydrogens (tertiary/aromatic N) is 2. The van der Waals surface area contributed by atoms with Crippen molar-refractivity contribution in [2.24, 2.45) is 0 Å². The van der Waals surface area contributed by atoms with E-state index in [-0.39, 0.29) is 17.6 Å². The highest BCUT2D eigenvalue weighted by Gasteiger charge is 2.43. The number of carbonyl (C=O) groups excluding carboxylic acids is 2. The lowest BCUT2D eigenvalue weighted by Crippen LogP contribution is -2.52. The summed E-state index contributed by atoms with van der Waals surface area (Å²) in [4.78, 5) is 36.2. The van der Waals surface area contributed by atoms with Crippen molar-refractivity contribution >= 4 is 22.8 Å². The molecule has 0 radical (unpaired) electrons. The van der Waals surface area contributed by atoms with Crippen LogP contribution in [0.2, 0.25) is 0 Å². The summed E-state index contributed by atoms with van der Waals surface area (Å²) in [5.41, 5.74) is 3.00. The van der Waals surface area contributed by atoms with Gasteiger partial charge in [-0.15, -0.1) is 0 Å². The van der Waals surface area contributed by atoms with Gasteiger partial charge in [0.25, 0.3) is 0 Å². The Morgan fingerprint density at radius 2 is 1.64 bits per heavy atom. The molecule has 7 heteroatoms. The Kier molecular flexibility index (Phi) is 6.80. The number of aryl methyl sites for hydroxylation is 1. The van der Waals surface area contributed by atoms with Crippen LogP contribution in [0, 0.1) is 5.82 Å². The molecule has 36 heavy (non-hydrogen) atoms. The first kappa shape index (κ1) is 23.7. The zero-order valence-corrected chi connectivity index (χ0v) is 20.0. The van der Waals surface area contributed by atoms with Gasteiger partial charge in [0.15, 0.2) is 0 Å². The van der Waals surface area contributed by atoms with Crippen LogP contribution in [0.5, 0.6) is 0 Å². The summed E-state index contributed by atoms with van der Waals surface area (Å²) in [6, 6.07) is 23.9. The predicted octanol–water partition coefficient (Wildman–Crippen LogP) is 4.51. The van der Waals surface area contributed by atoms with E-state index in [9.17, 15) is 14.0 Å². The van der Waals surface area contributed by atoms with Crippen LogP contribution in [-0.4, -0.2) is 39.8 Å². The van der Waals surface area contributed by atoms with Crippen molar-refractivity contribution in [2.45, 2.75) is 37.6 Å². The minimum atomic E-state index is -0.707. The molecule has 2 heterocycles. The molecule has 1 aliphatic rings. The summed E-state index contributed by atoms with van der Waals surface area (Å²) >= 11 is 0. The molecule has 3 aromatic carbocycles. The molecule has 1 fully saturated rings.